The zero-order valence-corrected chi connectivity index (χ0v) is 14.9. The maximum atomic E-state index is 12.4. The van der Waals surface area contributed by atoms with Gasteiger partial charge >= 0.3 is 0 Å². The van der Waals surface area contributed by atoms with Crippen LogP contribution in [-0.2, 0) is 4.79 Å². The molecule has 0 unspecified atom stereocenters. The molecule has 0 fully saturated rings. The van der Waals surface area contributed by atoms with Crippen molar-refractivity contribution in [2.45, 2.75) is 0 Å². The van der Waals surface area contributed by atoms with E-state index in [1.54, 1.807) is 47.1 Å². The quantitative estimate of drug-likeness (QED) is 0.640. The molecular formula is C19H15ClN4O3. The van der Waals surface area contributed by atoms with Crippen LogP contribution in [0.2, 0.25) is 5.02 Å². The van der Waals surface area contributed by atoms with E-state index in [0.717, 1.165) is 0 Å². The third kappa shape index (κ3) is 4.37. The Labute approximate surface area is 160 Å². The average molecular weight is 383 g/mol. The molecule has 0 saturated carbocycles. The lowest BCUT2D eigenvalue weighted by Crippen LogP contribution is -2.37. The van der Waals surface area contributed by atoms with Gasteiger partial charge in [-0.15, -0.1) is 6.42 Å². The van der Waals surface area contributed by atoms with Gasteiger partial charge in [0.25, 0.3) is 5.91 Å². The van der Waals surface area contributed by atoms with Crippen molar-refractivity contribution in [1.29, 1.82) is 0 Å². The number of carbonyl (C=O) groups excluding carboxylic acids is 2. The van der Waals surface area contributed by atoms with E-state index in [-0.39, 0.29) is 24.7 Å². The third-order valence-corrected chi connectivity index (χ3v) is 3.80. The lowest BCUT2D eigenvalue weighted by molar-refractivity contribution is -0.119. The molecule has 0 atom stereocenters. The molecule has 0 aliphatic heterocycles. The molecule has 2 heterocycles. The minimum Gasteiger partial charge on any atom is -0.463 e. The van der Waals surface area contributed by atoms with Gasteiger partial charge in [-0.1, -0.05) is 23.6 Å². The van der Waals surface area contributed by atoms with Crippen molar-refractivity contribution in [3.05, 3.63) is 59.4 Å². The summed E-state index contributed by atoms with van der Waals surface area (Å²) in [4.78, 5) is 24.0. The number of rotatable bonds is 6. The highest BCUT2D eigenvalue weighted by Gasteiger charge is 2.18. The molecule has 27 heavy (non-hydrogen) atoms. The number of carbonyl (C=O) groups is 2. The molecule has 136 valence electrons. The first kappa shape index (κ1) is 18.3. The van der Waals surface area contributed by atoms with Crippen LogP contribution in [0.5, 0.6) is 0 Å². The normalized spacial score (nSPS) is 10.2. The summed E-state index contributed by atoms with van der Waals surface area (Å²) in [5, 5.41) is 9.84. The second-order valence-corrected chi connectivity index (χ2v) is 5.88. The Morgan fingerprint density at radius 2 is 2.07 bits per heavy atom. The summed E-state index contributed by atoms with van der Waals surface area (Å²) < 4.78 is 6.99. The predicted octanol–water partition coefficient (Wildman–Crippen LogP) is 2.26. The van der Waals surface area contributed by atoms with E-state index in [4.69, 9.17) is 22.4 Å². The maximum absolute atomic E-state index is 12.4. The molecule has 7 nitrogen and oxygen atoms in total. The zero-order valence-electron chi connectivity index (χ0n) is 14.1. The van der Waals surface area contributed by atoms with Gasteiger partial charge in [0.15, 0.2) is 11.5 Å². The third-order valence-electron chi connectivity index (χ3n) is 3.57. The summed E-state index contributed by atoms with van der Waals surface area (Å²) >= 11 is 6.07. The zero-order chi connectivity index (χ0) is 19.2. The first-order valence-corrected chi connectivity index (χ1v) is 8.34. The van der Waals surface area contributed by atoms with Gasteiger partial charge in [0, 0.05) is 11.1 Å². The van der Waals surface area contributed by atoms with Crippen LogP contribution in [0.1, 0.15) is 10.5 Å². The van der Waals surface area contributed by atoms with Gasteiger partial charge in [-0.25, -0.2) is 4.68 Å². The molecule has 0 aliphatic rings. The Bertz CT molecular complexity index is 1000. The standard InChI is InChI=1S/C19H15ClN4O3/c1-2-8-21-18(25)12-22-19(26)15-11-16(17-7-4-9-27-17)24(23-15)14-6-3-5-13(20)10-14/h1,3-7,9-11H,8,12H2,(H,21,25)(H,22,26). The van der Waals surface area contributed by atoms with Crippen LogP contribution in [-0.4, -0.2) is 34.7 Å². The van der Waals surface area contributed by atoms with Crippen LogP contribution in [0.3, 0.4) is 0 Å². The molecule has 1 aromatic carbocycles. The molecule has 0 spiro atoms. The van der Waals surface area contributed by atoms with Crippen LogP contribution in [0.15, 0.2) is 53.1 Å². The number of halogens is 1. The van der Waals surface area contributed by atoms with Crippen LogP contribution in [0.4, 0.5) is 0 Å². The number of amides is 2. The summed E-state index contributed by atoms with van der Waals surface area (Å²) in [6.45, 7) is -0.110. The maximum Gasteiger partial charge on any atom is 0.272 e. The smallest absolute Gasteiger partial charge is 0.272 e. The van der Waals surface area contributed by atoms with Gasteiger partial charge in [-0.3, -0.25) is 9.59 Å². The molecule has 2 N–H and O–H groups in total. The average Bonchev–Trinajstić information content (AvgIpc) is 3.33. The molecule has 0 saturated heterocycles. The summed E-state index contributed by atoms with van der Waals surface area (Å²) in [7, 11) is 0. The fourth-order valence-corrected chi connectivity index (χ4v) is 2.54. The van der Waals surface area contributed by atoms with Crippen LogP contribution >= 0.6 is 11.6 Å². The van der Waals surface area contributed by atoms with Gasteiger partial charge in [0.1, 0.15) is 5.69 Å². The largest absolute Gasteiger partial charge is 0.463 e. The molecule has 3 rings (SSSR count). The van der Waals surface area contributed by atoms with Crippen molar-refractivity contribution >= 4 is 23.4 Å². The lowest BCUT2D eigenvalue weighted by Gasteiger charge is -2.06. The molecule has 3 aromatic rings. The van der Waals surface area contributed by atoms with Crippen molar-refractivity contribution in [1.82, 2.24) is 20.4 Å². The van der Waals surface area contributed by atoms with Crippen molar-refractivity contribution in [2.75, 3.05) is 13.1 Å². The minimum absolute atomic E-state index is 0.0980. The summed E-state index contributed by atoms with van der Waals surface area (Å²) in [5.41, 5.74) is 1.37. The first-order valence-electron chi connectivity index (χ1n) is 7.96. The molecule has 0 bridgehead atoms. The Morgan fingerprint density at radius 1 is 1.22 bits per heavy atom. The lowest BCUT2D eigenvalue weighted by atomic mass is 10.2. The van der Waals surface area contributed by atoms with Gasteiger partial charge < -0.3 is 15.1 Å². The van der Waals surface area contributed by atoms with Crippen molar-refractivity contribution in [2.24, 2.45) is 0 Å². The first-order chi connectivity index (χ1) is 13.1. The van der Waals surface area contributed by atoms with E-state index in [0.29, 0.717) is 22.2 Å². The van der Waals surface area contributed by atoms with Crippen LogP contribution in [0.25, 0.3) is 17.1 Å². The highest BCUT2D eigenvalue weighted by molar-refractivity contribution is 6.30. The monoisotopic (exact) mass is 382 g/mol. The number of hydrogen-bond acceptors (Lipinski definition) is 4. The molecule has 0 aliphatic carbocycles. The Kier molecular flexibility index (Phi) is 5.59. The van der Waals surface area contributed by atoms with Gasteiger partial charge in [0.05, 0.1) is 25.0 Å². The predicted molar refractivity (Wildman–Crippen MR) is 100 cm³/mol. The van der Waals surface area contributed by atoms with E-state index in [9.17, 15) is 9.59 Å². The van der Waals surface area contributed by atoms with Crippen molar-refractivity contribution in [3.8, 4) is 29.5 Å². The summed E-state index contributed by atoms with van der Waals surface area (Å²) in [6, 6.07) is 12.1. The topological polar surface area (TPSA) is 89.2 Å². The number of nitrogens with zero attached hydrogens (tertiary/aromatic N) is 2. The SMILES string of the molecule is C#CCNC(=O)CNC(=O)c1cc(-c2ccco2)n(-c2cccc(Cl)c2)n1. The summed E-state index contributed by atoms with van der Waals surface area (Å²) in [5.74, 6) is 1.93. The molecular weight excluding hydrogens is 368 g/mol. The van der Waals surface area contributed by atoms with Gasteiger partial charge in [0.2, 0.25) is 5.91 Å². The van der Waals surface area contributed by atoms with Crippen LogP contribution < -0.4 is 10.6 Å². The number of furan rings is 1. The Hall–Kier alpha value is -3.50. The van der Waals surface area contributed by atoms with E-state index < -0.39 is 5.91 Å². The summed E-state index contributed by atoms with van der Waals surface area (Å²) in [6.07, 6.45) is 6.60. The molecule has 2 aromatic heterocycles. The number of terminal acetylenes is 1. The van der Waals surface area contributed by atoms with E-state index in [2.05, 4.69) is 21.7 Å². The Morgan fingerprint density at radius 3 is 2.78 bits per heavy atom. The van der Waals surface area contributed by atoms with Crippen molar-refractivity contribution < 1.29 is 14.0 Å². The molecule has 8 heteroatoms. The number of nitrogens with one attached hydrogen (secondary N) is 2. The van der Waals surface area contributed by atoms with E-state index in [1.165, 1.54) is 6.26 Å². The fourth-order valence-electron chi connectivity index (χ4n) is 2.36. The highest BCUT2D eigenvalue weighted by Crippen LogP contribution is 2.25. The fraction of sp³-hybridized carbons (Fsp3) is 0.105. The van der Waals surface area contributed by atoms with Gasteiger partial charge in [-0.05, 0) is 30.3 Å². The Balaban J connectivity index is 1.87. The van der Waals surface area contributed by atoms with Gasteiger partial charge in [-0.2, -0.15) is 5.10 Å². The molecule has 2 amide bonds. The van der Waals surface area contributed by atoms with Crippen molar-refractivity contribution in [3.63, 3.8) is 0 Å². The molecule has 0 radical (unpaired) electrons. The number of hydrogen-bond donors (Lipinski definition) is 2. The van der Waals surface area contributed by atoms with E-state index >= 15 is 0 Å². The minimum atomic E-state index is -0.501. The highest BCUT2D eigenvalue weighted by atomic mass is 35.5. The number of aromatic nitrogens is 2. The number of benzene rings is 1. The second-order valence-electron chi connectivity index (χ2n) is 5.45. The van der Waals surface area contributed by atoms with Crippen LogP contribution in [0, 0.1) is 12.3 Å². The van der Waals surface area contributed by atoms with E-state index in [1.807, 2.05) is 0 Å². The second kappa shape index (κ2) is 8.25.